The van der Waals surface area contributed by atoms with E-state index < -0.39 is 12.0 Å². The molecule has 1 saturated heterocycles. The fourth-order valence-corrected chi connectivity index (χ4v) is 3.23. The molecule has 1 aliphatic carbocycles. The van der Waals surface area contributed by atoms with Crippen LogP contribution in [0.25, 0.3) is 6.08 Å². The van der Waals surface area contributed by atoms with Crippen LogP contribution in [0.3, 0.4) is 0 Å². The Balaban J connectivity index is 1.93. The molecule has 1 heterocycles. The van der Waals surface area contributed by atoms with Gasteiger partial charge in [-0.25, -0.2) is 0 Å². The molecule has 6 heteroatoms. The lowest BCUT2D eigenvalue weighted by Gasteiger charge is -2.31. The number of carbonyl (C=O) groups is 1. The minimum atomic E-state index is -4.84. The van der Waals surface area contributed by atoms with Crippen molar-refractivity contribution >= 4 is 11.9 Å². The Hall–Kier alpha value is -2.34. The van der Waals surface area contributed by atoms with E-state index in [4.69, 9.17) is 4.74 Å². The first-order valence-corrected chi connectivity index (χ1v) is 8.56. The van der Waals surface area contributed by atoms with Gasteiger partial charge in [-0.2, -0.15) is 13.2 Å². The molecule has 0 radical (unpaired) electrons. The van der Waals surface area contributed by atoms with Gasteiger partial charge >= 0.3 is 6.18 Å². The zero-order valence-corrected chi connectivity index (χ0v) is 14.3. The monoisotopic (exact) mass is 363 g/mol. The summed E-state index contributed by atoms with van der Waals surface area (Å²) in [5.41, 5.74) is 3.83. The maximum absolute atomic E-state index is 12.5. The molecule has 0 bridgehead atoms. The van der Waals surface area contributed by atoms with Crippen molar-refractivity contribution in [2.45, 2.75) is 19.0 Å². The van der Waals surface area contributed by atoms with E-state index in [0.29, 0.717) is 38.8 Å². The summed E-state index contributed by atoms with van der Waals surface area (Å²) in [7, 11) is 0. The van der Waals surface area contributed by atoms with Crippen LogP contribution in [0.5, 0.6) is 0 Å². The molecule has 0 aromatic heterocycles. The number of rotatable bonds is 4. The number of carbonyl (C=O) groups excluding carboxylic acids is 1. The van der Waals surface area contributed by atoms with E-state index in [1.54, 1.807) is 0 Å². The first-order chi connectivity index (χ1) is 12.4. The molecule has 2 aliphatic rings. The Kier molecular flexibility index (Phi) is 5.61. The summed E-state index contributed by atoms with van der Waals surface area (Å²) in [4.78, 5) is 13.3. The summed E-state index contributed by atoms with van der Waals surface area (Å²) < 4.78 is 42.8. The predicted octanol–water partition coefficient (Wildman–Crippen LogP) is 4.14. The standard InChI is InChI=1S/C20H20F3NO2/c21-20(22,23)18(25)9-8-16-6-7-17(14-15-4-2-1-3-5-15)19(16)24-10-12-26-13-11-24/h1-5,8-9,14H,6-7,10-13H2/b9-8+,17-14-. The summed E-state index contributed by atoms with van der Waals surface area (Å²) in [5.74, 6) is -1.83. The maximum Gasteiger partial charge on any atom is 0.454 e. The Morgan fingerprint density at radius 1 is 1.08 bits per heavy atom. The molecular weight excluding hydrogens is 343 g/mol. The van der Waals surface area contributed by atoms with Gasteiger partial charge in [0.2, 0.25) is 0 Å². The number of allylic oxidation sites excluding steroid dienone is 4. The molecular formula is C20H20F3NO2. The normalized spacial score (nSPS) is 20.4. The summed E-state index contributed by atoms with van der Waals surface area (Å²) >= 11 is 0. The molecule has 0 amide bonds. The van der Waals surface area contributed by atoms with E-state index in [-0.39, 0.29) is 0 Å². The number of morpholine rings is 1. The number of alkyl halides is 3. The van der Waals surface area contributed by atoms with Crippen molar-refractivity contribution in [1.29, 1.82) is 0 Å². The van der Waals surface area contributed by atoms with E-state index in [0.717, 1.165) is 28.8 Å². The number of ketones is 1. The minimum absolute atomic E-state index is 0.584. The quantitative estimate of drug-likeness (QED) is 0.753. The van der Waals surface area contributed by atoms with E-state index in [2.05, 4.69) is 11.0 Å². The predicted molar refractivity (Wildman–Crippen MR) is 93.3 cm³/mol. The molecule has 0 spiro atoms. The third kappa shape index (κ3) is 4.43. The smallest absolute Gasteiger partial charge is 0.378 e. The van der Waals surface area contributed by atoms with Gasteiger partial charge in [-0.05, 0) is 41.7 Å². The third-order valence-corrected chi connectivity index (χ3v) is 4.46. The van der Waals surface area contributed by atoms with Crippen LogP contribution < -0.4 is 0 Å². The van der Waals surface area contributed by atoms with Gasteiger partial charge in [0, 0.05) is 18.8 Å². The van der Waals surface area contributed by atoms with Gasteiger partial charge < -0.3 is 9.64 Å². The Bertz CT molecular complexity index is 742. The zero-order valence-electron chi connectivity index (χ0n) is 14.3. The van der Waals surface area contributed by atoms with Crippen LogP contribution in [0, 0.1) is 0 Å². The molecule has 0 N–H and O–H groups in total. The number of halogens is 3. The van der Waals surface area contributed by atoms with Crippen LogP contribution in [-0.2, 0) is 9.53 Å². The topological polar surface area (TPSA) is 29.5 Å². The van der Waals surface area contributed by atoms with E-state index in [1.165, 1.54) is 6.08 Å². The van der Waals surface area contributed by atoms with Gasteiger partial charge in [0.1, 0.15) is 0 Å². The molecule has 3 rings (SSSR count). The molecule has 26 heavy (non-hydrogen) atoms. The molecule has 138 valence electrons. The second-order valence-electron chi connectivity index (χ2n) is 6.25. The van der Waals surface area contributed by atoms with Crippen molar-refractivity contribution in [3.63, 3.8) is 0 Å². The van der Waals surface area contributed by atoms with Crippen LogP contribution in [0.4, 0.5) is 13.2 Å². The molecule has 3 nitrogen and oxygen atoms in total. The highest BCUT2D eigenvalue weighted by atomic mass is 19.4. The second-order valence-corrected chi connectivity index (χ2v) is 6.25. The largest absolute Gasteiger partial charge is 0.454 e. The number of nitrogens with zero attached hydrogens (tertiary/aromatic N) is 1. The van der Waals surface area contributed by atoms with E-state index >= 15 is 0 Å². The van der Waals surface area contributed by atoms with E-state index in [9.17, 15) is 18.0 Å². The molecule has 1 aromatic carbocycles. The maximum atomic E-state index is 12.5. The second kappa shape index (κ2) is 7.91. The fourth-order valence-electron chi connectivity index (χ4n) is 3.23. The van der Waals surface area contributed by atoms with Gasteiger partial charge in [-0.1, -0.05) is 36.4 Å². The summed E-state index contributed by atoms with van der Waals surface area (Å²) in [6.07, 6.45) is 0.552. The van der Waals surface area contributed by atoms with E-state index in [1.807, 2.05) is 30.3 Å². The Morgan fingerprint density at radius 3 is 2.42 bits per heavy atom. The molecule has 1 aliphatic heterocycles. The lowest BCUT2D eigenvalue weighted by atomic mass is 10.1. The van der Waals surface area contributed by atoms with Crippen molar-refractivity contribution in [2.24, 2.45) is 0 Å². The van der Waals surface area contributed by atoms with Gasteiger partial charge in [0.15, 0.2) is 0 Å². The van der Waals surface area contributed by atoms with Crippen LogP contribution >= 0.6 is 0 Å². The van der Waals surface area contributed by atoms with Gasteiger partial charge in [0.25, 0.3) is 5.78 Å². The summed E-state index contributed by atoms with van der Waals surface area (Å²) in [6, 6.07) is 9.81. The average molecular weight is 363 g/mol. The lowest BCUT2D eigenvalue weighted by Crippen LogP contribution is -2.36. The summed E-state index contributed by atoms with van der Waals surface area (Å²) in [6.45, 7) is 2.54. The van der Waals surface area contributed by atoms with Crippen molar-refractivity contribution in [3.05, 3.63) is 64.9 Å². The number of benzene rings is 1. The zero-order chi connectivity index (χ0) is 18.6. The fraction of sp³-hybridized carbons (Fsp3) is 0.350. The highest BCUT2D eigenvalue weighted by Gasteiger charge is 2.36. The number of hydrogen-bond acceptors (Lipinski definition) is 3. The lowest BCUT2D eigenvalue weighted by molar-refractivity contribution is -0.165. The average Bonchev–Trinajstić information content (AvgIpc) is 3.03. The van der Waals surface area contributed by atoms with Crippen LogP contribution in [0.1, 0.15) is 18.4 Å². The third-order valence-electron chi connectivity index (χ3n) is 4.46. The Labute approximate surface area is 150 Å². The highest BCUT2D eigenvalue weighted by molar-refractivity contribution is 5.94. The first-order valence-electron chi connectivity index (χ1n) is 8.56. The number of hydrogen-bond donors (Lipinski definition) is 0. The molecule has 1 aromatic rings. The van der Waals surface area contributed by atoms with Crippen molar-refractivity contribution in [2.75, 3.05) is 26.3 Å². The SMILES string of the molecule is O=C(/C=C/C1=C(N2CCOCC2)C(=C\c2ccccc2)/CC1)C(F)(F)F. The number of ether oxygens (including phenoxy) is 1. The van der Waals surface area contributed by atoms with Crippen LogP contribution in [-0.4, -0.2) is 43.2 Å². The van der Waals surface area contributed by atoms with Gasteiger partial charge in [0.05, 0.1) is 13.2 Å². The van der Waals surface area contributed by atoms with Crippen molar-refractivity contribution in [1.82, 2.24) is 4.90 Å². The Morgan fingerprint density at radius 2 is 1.77 bits per heavy atom. The molecule has 0 atom stereocenters. The van der Waals surface area contributed by atoms with Crippen molar-refractivity contribution < 1.29 is 22.7 Å². The first kappa shape index (κ1) is 18.5. The summed E-state index contributed by atoms with van der Waals surface area (Å²) in [5, 5.41) is 0. The van der Waals surface area contributed by atoms with Crippen LogP contribution in [0.2, 0.25) is 0 Å². The minimum Gasteiger partial charge on any atom is -0.378 e. The van der Waals surface area contributed by atoms with Gasteiger partial charge in [-0.15, -0.1) is 0 Å². The van der Waals surface area contributed by atoms with Crippen LogP contribution in [0.15, 0.2) is 59.3 Å². The molecule has 0 unspecified atom stereocenters. The van der Waals surface area contributed by atoms with Gasteiger partial charge in [-0.3, -0.25) is 4.79 Å². The highest BCUT2D eigenvalue weighted by Crippen LogP contribution is 2.36. The van der Waals surface area contributed by atoms with Crippen molar-refractivity contribution in [3.8, 4) is 0 Å². The molecule has 1 fully saturated rings. The molecule has 0 saturated carbocycles.